The summed E-state index contributed by atoms with van der Waals surface area (Å²) in [5, 5.41) is 1.98. The van der Waals surface area contributed by atoms with E-state index in [0.717, 1.165) is 43.4 Å². The SMILES string of the molecule is CCn1cc([C@@H](CC(=O)N2CCN(c3cccc(Cl)c3)CC2)c2ccc(C)cc2)c2ccccc21. The number of carbonyl (C=O) groups is 1. The Hall–Kier alpha value is -3.24. The number of para-hydroxylation sites is 1. The highest BCUT2D eigenvalue weighted by Gasteiger charge is 2.27. The molecule has 0 spiro atoms. The van der Waals surface area contributed by atoms with E-state index >= 15 is 0 Å². The highest BCUT2D eigenvalue weighted by atomic mass is 35.5. The molecule has 4 aromatic rings. The molecule has 0 unspecified atom stereocenters. The van der Waals surface area contributed by atoms with Gasteiger partial charge in [-0.2, -0.15) is 0 Å². The molecule has 1 fully saturated rings. The number of rotatable bonds is 6. The molecule has 180 valence electrons. The smallest absolute Gasteiger partial charge is 0.223 e. The minimum Gasteiger partial charge on any atom is -0.368 e. The van der Waals surface area contributed by atoms with Crippen LogP contribution in [0.25, 0.3) is 10.9 Å². The fourth-order valence-corrected chi connectivity index (χ4v) is 5.40. The third kappa shape index (κ3) is 4.94. The number of aromatic nitrogens is 1. The summed E-state index contributed by atoms with van der Waals surface area (Å²) in [5.74, 6) is 0.237. The summed E-state index contributed by atoms with van der Waals surface area (Å²) in [6, 6.07) is 25.2. The Labute approximate surface area is 212 Å². The van der Waals surface area contributed by atoms with Crippen LogP contribution in [0.4, 0.5) is 5.69 Å². The number of carbonyl (C=O) groups excluding carboxylic acids is 1. The van der Waals surface area contributed by atoms with Crippen LogP contribution < -0.4 is 4.90 Å². The molecule has 0 bridgehead atoms. The Morgan fingerprint density at radius 3 is 2.40 bits per heavy atom. The van der Waals surface area contributed by atoms with Crippen molar-refractivity contribution in [2.45, 2.75) is 32.7 Å². The summed E-state index contributed by atoms with van der Waals surface area (Å²) >= 11 is 6.19. The van der Waals surface area contributed by atoms with Crippen LogP contribution in [0.3, 0.4) is 0 Å². The maximum absolute atomic E-state index is 13.6. The molecule has 0 radical (unpaired) electrons. The van der Waals surface area contributed by atoms with Crippen LogP contribution in [0.1, 0.15) is 36.0 Å². The Morgan fingerprint density at radius 2 is 1.69 bits per heavy atom. The van der Waals surface area contributed by atoms with Gasteiger partial charge in [0.2, 0.25) is 5.91 Å². The van der Waals surface area contributed by atoms with Crippen molar-refractivity contribution in [1.82, 2.24) is 9.47 Å². The van der Waals surface area contributed by atoms with Gasteiger partial charge in [-0.1, -0.05) is 65.7 Å². The summed E-state index contributed by atoms with van der Waals surface area (Å²) in [6.45, 7) is 8.26. The van der Waals surface area contributed by atoms with E-state index in [1.807, 2.05) is 23.1 Å². The van der Waals surface area contributed by atoms with Crippen LogP contribution >= 0.6 is 11.6 Å². The molecular weight excluding hydrogens is 454 g/mol. The molecule has 5 rings (SSSR count). The highest BCUT2D eigenvalue weighted by molar-refractivity contribution is 6.30. The van der Waals surface area contributed by atoms with Crippen molar-refractivity contribution < 1.29 is 4.79 Å². The van der Waals surface area contributed by atoms with Crippen LogP contribution in [0.15, 0.2) is 79.0 Å². The van der Waals surface area contributed by atoms with Crippen LogP contribution in [0.2, 0.25) is 5.02 Å². The maximum atomic E-state index is 13.6. The van der Waals surface area contributed by atoms with Gasteiger partial charge in [0.15, 0.2) is 0 Å². The fourth-order valence-electron chi connectivity index (χ4n) is 5.21. The summed E-state index contributed by atoms with van der Waals surface area (Å²) in [4.78, 5) is 17.9. The van der Waals surface area contributed by atoms with E-state index in [1.165, 1.54) is 27.6 Å². The van der Waals surface area contributed by atoms with Crippen molar-refractivity contribution in [3.8, 4) is 0 Å². The first kappa shape index (κ1) is 23.5. The Morgan fingerprint density at radius 1 is 0.943 bits per heavy atom. The number of amides is 1. The van der Waals surface area contributed by atoms with E-state index in [-0.39, 0.29) is 11.8 Å². The van der Waals surface area contributed by atoms with Gasteiger partial charge in [-0.15, -0.1) is 0 Å². The zero-order chi connectivity index (χ0) is 24.4. The summed E-state index contributed by atoms with van der Waals surface area (Å²) in [5.41, 5.74) is 6.00. The molecule has 0 aliphatic carbocycles. The molecule has 1 aromatic heterocycles. The second-order valence-corrected chi connectivity index (χ2v) is 9.84. The van der Waals surface area contributed by atoms with E-state index in [0.29, 0.717) is 6.42 Å². The molecule has 1 atom stereocenters. The van der Waals surface area contributed by atoms with Crippen molar-refractivity contribution >= 4 is 34.1 Å². The lowest BCUT2D eigenvalue weighted by Gasteiger charge is -2.36. The quantitative estimate of drug-likeness (QED) is 0.312. The van der Waals surface area contributed by atoms with E-state index in [2.05, 4.69) is 84.1 Å². The van der Waals surface area contributed by atoms with Gasteiger partial charge in [-0.25, -0.2) is 0 Å². The molecule has 1 aliphatic rings. The Kier molecular flexibility index (Phi) is 6.83. The number of nitrogens with zero attached hydrogens (tertiary/aromatic N) is 3. The first-order valence-electron chi connectivity index (χ1n) is 12.5. The topological polar surface area (TPSA) is 28.5 Å². The number of halogens is 1. The summed E-state index contributed by atoms with van der Waals surface area (Å²) in [7, 11) is 0. The minimum atomic E-state index is 0.0201. The van der Waals surface area contributed by atoms with Gasteiger partial charge in [0, 0.05) is 72.9 Å². The Balaban J connectivity index is 1.39. The predicted octanol–water partition coefficient (Wildman–Crippen LogP) is 6.49. The first-order valence-corrected chi connectivity index (χ1v) is 12.8. The second-order valence-electron chi connectivity index (χ2n) is 9.40. The van der Waals surface area contributed by atoms with Gasteiger partial charge in [-0.05, 0) is 49.2 Å². The van der Waals surface area contributed by atoms with Gasteiger partial charge in [0.25, 0.3) is 0 Å². The maximum Gasteiger partial charge on any atom is 0.223 e. The van der Waals surface area contributed by atoms with Crippen molar-refractivity contribution in [1.29, 1.82) is 0 Å². The number of piperazine rings is 1. The number of benzene rings is 3. The molecule has 1 amide bonds. The lowest BCUT2D eigenvalue weighted by molar-refractivity contribution is -0.131. The van der Waals surface area contributed by atoms with Crippen molar-refractivity contribution in [2.75, 3.05) is 31.1 Å². The van der Waals surface area contributed by atoms with Gasteiger partial charge < -0.3 is 14.4 Å². The zero-order valence-corrected chi connectivity index (χ0v) is 21.2. The first-order chi connectivity index (χ1) is 17.0. The average molecular weight is 486 g/mol. The second kappa shape index (κ2) is 10.2. The minimum absolute atomic E-state index is 0.0201. The predicted molar refractivity (Wildman–Crippen MR) is 145 cm³/mol. The van der Waals surface area contributed by atoms with Crippen LogP contribution in [-0.2, 0) is 11.3 Å². The van der Waals surface area contributed by atoms with Gasteiger partial charge in [-0.3, -0.25) is 4.79 Å². The monoisotopic (exact) mass is 485 g/mol. The molecule has 0 N–H and O–H groups in total. The third-order valence-electron chi connectivity index (χ3n) is 7.20. The molecule has 4 nitrogen and oxygen atoms in total. The van der Waals surface area contributed by atoms with E-state index in [1.54, 1.807) is 0 Å². The lowest BCUT2D eigenvalue weighted by Crippen LogP contribution is -2.49. The molecule has 1 aliphatic heterocycles. The van der Waals surface area contributed by atoms with Gasteiger partial charge in [0.05, 0.1) is 0 Å². The molecule has 35 heavy (non-hydrogen) atoms. The van der Waals surface area contributed by atoms with Crippen LogP contribution in [0.5, 0.6) is 0 Å². The third-order valence-corrected chi connectivity index (χ3v) is 7.43. The normalized spacial score (nSPS) is 14.9. The molecular formula is C30H32ClN3O. The molecule has 0 saturated carbocycles. The van der Waals surface area contributed by atoms with E-state index in [9.17, 15) is 4.79 Å². The fraction of sp³-hybridized carbons (Fsp3) is 0.300. The van der Waals surface area contributed by atoms with E-state index < -0.39 is 0 Å². The number of anilines is 1. The summed E-state index contributed by atoms with van der Waals surface area (Å²) < 4.78 is 2.29. The van der Waals surface area contributed by atoms with Gasteiger partial charge in [0.1, 0.15) is 0 Å². The largest absolute Gasteiger partial charge is 0.368 e. The zero-order valence-electron chi connectivity index (χ0n) is 20.5. The van der Waals surface area contributed by atoms with Crippen molar-refractivity contribution in [3.63, 3.8) is 0 Å². The number of hydrogen-bond acceptors (Lipinski definition) is 2. The number of fused-ring (bicyclic) bond motifs is 1. The molecule has 2 heterocycles. The molecule has 3 aromatic carbocycles. The van der Waals surface area contributed by atoms with E-state index in [4.69, 9.17) is 11.6 Å². The molecule has 5 heteroatoms. The molecule has 1 saturated heterocycles. The highest BCUT2D eigenvalue weighted by Crippen LogP contribution is 2.35. The average Bonchev–Trinajstić information content (AvgIpc) is 3.26. The number of aryl methyl sites for hydroxylation is 2. The summed E-state index contributed by atoms with van der Waals surface area (Å²) in [6.07, 6.45) is 2.72. The Bertz CT molecular complexity index is 1320. The number of hydrogen-bond donors (Lipinski definition) is 0. The van der Waals surface area contributed by atoms with Crippen LogP contribution in [-0.4, -0.2) is 41.6 Å². The van der Waals surface area contributed by atoms with Crippen LogP contribution in [0, 0.1) is 6.92 Å². The van der Waals surface area contributed by atoms with Crippen molar-refractivity contribution in [2.24, 2.45) is 0 Å². The van der Waals surface area contributed by atoms with Gasteiger partial charge >= 0.3 is 0 Å². The lowest BCUT2D eigenvalue weighted by atomic mass is 9.87. The van der Waals surface area contributed by atoms with Crippen molar-refractivity contribution in [3.05, 3.63) is 101 Å². The standard InChI is InChI=1S/C30H32ClN3O/c1-3-32-21-28(26-9-4-5-10-29(26)32)27(23-13-11-22(2)12-14-23)20-30(35)34-17-15-33(16-18-34)25-8-6-7-24(31)19-25/h4-14,19,21,27H,3,15-18,20H2,1-2H3/t27-/m0/s1.